The van der Waals surface area contributed by atoms with Crippen LogP contribution >= 0.6 is 0 Å². The van der Waals surface area contributed by atoms with Crippen LogP contribution in [0.25, 0.3) is 0 Å². The average molecular weight is 295 g/mol. The zero-order chi connectivity index (χ0) is 15.2. The van der Waals surface area contributed by atoms with E-state index >= 15 is 0 Å². The van der Waals surface area contributed by atoms with Gasteiger partial charge in [0.05, 0.1) is 6.61 Å². The molecule has 5 nitrogen and oxygen atoms in total. The molecule has 2 fully saturated rings. The number of ether oxygens (including phenoxy) is 2. The third kappa shape index (κ3) is 3.84. The van der Waals surface area contributed by atoms with E-state index in [-0.39, 0.29) is 11.9 Å². The zero-order valence-electron chi connectivity index (χ0n) is 12.8. The quantitative estimate of drug-likeness (QED) is 0.558. The Morgan fingerprint density at radius 3 is 2.95 bits per heavy atom. The van der Waals surface area contributed by atoms with Crippen LogP contribution in [-0.2, 0) is 19.1 Å². The molecule has 118 valence electrons. The molecule has 0 spiro atoms. The van der Waals surface area contributed by atoms with Crippen molar-refractivity contribution in [1.29, 1.82) is 0 Å². The van der Waals surface area contributed by atoms with Gasteiger partial charge in [-0.15, -0.1) is 0 Å². The molecule has 2 heterocycles. The summed E-state index contributed by atoms with van der Waals surface area (Å²) in [5.74, 6) is -1.33. The number of carbonyl (C=O) groups excluding carboxylic acids is 2. The number of hydrogen-bond acceptors (Lipinski definition) is 4. The molecule has 0 N–H and O–H groups in total. The second kappa shape index (κ2) is 7.59. The predicted octanol–water partition coefficient (Wildman–Crippen LogP) is 2.61. The van der Waals surface area contributed by atoms with Crippen LogP contribution in [-0.4, -0.2) is 35.7 Å². The average Bonchev–Trinajstić information content (AvgIpc) is 2.82. The van der Waals surface area contributed by atoms with Crippen LogP contribution in [0.3, 0.4) is 0 Å². The summed E-state index contributed by atoms with van der Waals surface area (Å²) < 4.78 is 10.7. The Kier molecular flexibility index (Phi) is 5.79. The second-order valence-electron chi connectivity index (χ2n) is 5.75. The van der Waals surface area contributed by atoms with Crippen molar-refractivity contribution >= 4 is 11.9 Å². The van der Waals surface area contributed by atoms with E-state index < -0.39 is 18.2 Å². The van der Waals surface area contributed by atoms with Crippen molar-refractivity contribution in [3.05, 3.63) is 12.8 Å². The van der Waals surface area contributed by atoms with E-state index in [4.69, 9.17) is 9.47 Å². The van der Waals surface area contributed by atoms with E-state index in [0.717, 1.165) is 38.5 Å². The van der Waals surface area contributed by atoms with Crippen LogP contribution in [0.2, 0.25) is 0 Å². The lowest BCUT2D eigenvalue weighted by Crippen LogP contribution is -2.33. The summed E-state index contributed by atoms with van der Waals surface area (Å²) in [5.41, 5.74) is 0. The highest BCUT2D eigenvalue weighted by Crippen LogP contribution is 2.30. The molecule has 2 aliphatic rings. The van der Waals surface area contributed by atoms with Gasteiger partial charge in [-0.05, 0) is 31.9 Å². The van der Waals surface area contributed by atoms with Crippen molar-refractivity contribution in [2.24, 2.45) is 5.92 Å². The molecule has 0 saturated carbocycles. The number of nitrogens with zero attached hydrogens (tertiary/aromatic N) is 1. The van der Waals surface area contributed by atoms with Gasteiger partial charge in [0.2, 0.25) is 12.2 Å². The summed E-state index contributed by atoms with van der Waals surface area (Å²) in [4.78, 5) is 26.1. The molecule has 2 rings (SSSR count). The first kappa shape index (κ1) is 16.0. The predicted molar refractivity (Wildman–Crippen MR) is 78.1 cm³/mol. The molecule has 0 aromatic carbocycles. The summed E-state index contributed by atoms with van der Waals surface area (Å²) in [6, 6.07) is 0.0692. The van der Waals surface area contributed by atoms with Crippen LogP contribution in [0.15, 0.2) is 12.8 Å². The molecule has 2 aliphatic heterocycles. The van der Waals surface area contributed by atoms with E-state index in [1.807, 2.05) is 0 Å². The minimum absolute atomic E-state index is 0.0692. The lowest BCUT2D eigenvalue weighted by Gasteiger charge is -2.23. The summed E-state index contributed by atoms with van der Waals surface area (Å²) in [6.07, 6.45) is 7.30. The molecule has 5 heteroatoms. The van der Waals surface area contributed by atoms with Crippen molar-refractivity contribution in [3.8, 4) is 0 Å². The monoisotopic (exact) mass is 295 g/mol. The molecule has 2 saturated heterocycles. The van der Waals surface area contributed by atoms with E-state index in [0.29, 0.717) is 13.0 Å². The third-order valence-electron chi connectivity index (χ3n) is 4.21. The Labute approximate surface area is 126 Å². The largest absolute Gasteiger partial charge is 0.435 e. The fraction of sp³-hybridized carbons (Fsp3) is 0.750. The SMILES string of the molecule is C=CN1C(=O)C(C(=O)OC2CCCCO2)CC1CCCC. The lowest BCUT2D eigenvalue weighted by molar-refractivity contribution is -0.191. The molecule has 0 aromatic rings. The van der Waals surface area contributed by atoms with Gasteiger partial charge in [-0.25, -0.2) is 0 Å². The summed E-state index contributed by atoms with van der Waals surface area (Å²) in [5, 5.41) is 0. The molecule has 3 atom stereocenters. The number of unbranched alkanes of at least 4 members (excludes halogenated alkanes) is 1. The normalized spacial score (nSPS) is 29.5. The number of amides is 1. The fourth-order valence-electron chi connectivity index (χ4n) is 2.99. The zero-order valence-corrected chi connectivity index (χ0v) is 12.8. The number of hydrogen-bond donors (Lipinski definition) is 0. The van der Waals surface area contributed by atoms with E-state index in [1.165, 1.54) is 6.20 Å². The number of esters is 1. The smallest absolute Gasteiger partial charge is 0.320 e. The fourth-order valence-corrected chi connectivity index (χ4v) is 2.99. The Morgan fingerprint density at radius 1 is 1.52 bits per heavy atom. The maximum Gasteiger partial charge on any atom is 0.320 e. The van der Waals surface area contributed by atoms with Crippen LogP contribution in [0.5, 0.6) is 0 Å². The van der Waals surface area contributed by atoms with Crippen LogP contribution in [0.1, 0.15) is 51.9 Å². The van der Waals surface area contributed by atoms with Crippen molar-refractivity contribution in [2.75, 3.05) is 6.61 Å². The molecule has 3 unspecified atom stereocenters. The van der Waals surface area contributed by atoms with Crippen LogP contribution in [0.4, 0.5) is 0 Å². The Bertz CT molecular complexity index is 390. The maximum absolute atomic E-state index is 12.3. The lowest BCUT2D eigenvalue weighted by atomic mass is 10.0. The first-order valence-corrected chi connectivity index (χ1v) is 7.94. The minimum atomic E-state index is -0.699. The van der Waals surface area contributed by atoms with E-state index in [2.05, 4.69) is 13.5 Å². The van der Waals surface area contributed by atoms with Gasteiger partial charge in [-0.2, -0.15) is 0 Å². The number of rotatable bonds is 6. The van der Waals surface area contributed by atoms with Crippen molar-refractivity contribution in [2.45, 2.75) is 64.2 Å². The number of carbonyl (C=O) groups is 2. The van der Waals surface area contributed by atoms with Crippen LogP contribution < -0.4 is 0 Å². The Hall–Kier alpha value is -1.36. The van der Waals surface area contributed by atoms with Crippen molar-refractivity contribution < 1.29 is 19.1 Å². The molecule has 21 heavy (non-hydrogen) atoms. The van der Waals surface area contributed by atoms with E-state index in [9.17, 15) is 9.59 Å². The van der Waals surface area contributed by atoms with Gasteiger partial charge in [0, 0.05) is 12.5 Å². The molecule has 0 bridgehead atoms. The molecule has 0 radical (unpaired) electrons. The third-order valence-corrected chi connectivity index (χ3v) is 4.21. The van der Waals surface area contributed by atoms with Gasteiger partial charge >= 0.3 is 5.97 Å². The van der Waals surface area contributed by atoms with Gasteiger partial charge in [-0.1, -0.05) is 26.3 Å². The van der Waals surface area contributed by atoms with Gasteiger partial charge < -0.3 is 14.4 Å². The summed E-state index contributed by atoms with van der Waals surface area (Å²) in [6.45, 7) is 6.42. The Balaban J connectivity index is 1.93. The molecule has 0 aliphatic carbocycles. The maximum atomic E-state index is 12.3. The van der Waals surface area contributed by atoms with Gasteiger partial charge in [0.15, 0.2) is 0 Å². The molecular formula is C16H25NO4. The highest BCUT2D eigenvalue weighted by molar-refractivity contribution is 6.00. The minimum Gasteiger partial charge on any atom is -0.435 e. The van der Waals surface area contributed by atoms with Gasteiger partial charge in [0.25, 0.3) is 0 Å². The topological polar surface area (TPSA) is 55.8 Å². The van der Waals surface area contributed by atoms with Crippen LogP contribution in [0, 0.1) is 5.92 Å². The van der Waals surface area contributed by atoms with Crippen molar-refractivity contribution in [1.82, 2.24) is 4.90 Å². The summed E-state index contributed by atoms with van der Waals surface area (Å²) >= 11 is 0. The second-order valence-corrected chi connectivity index (χ2v) is 5.75. The number of likely N-dealkylation sites (tertiary alicyclic amines) is 1. The standard InChI is InChI=1S/C16H25NO4/c1-3-5-8-12-11-13(15(18)17(12)4-2)16(19)21-14-9-6-7-10-20-14/h4,12-14H,2-3,5-11H2,1H3. The highest BCUT2D eigenvalue weighted by atomic mass is 16.7. The summed E-state index contributed by atoms with van der Waals surface area (Å²) in [7, 11) is 0. The molecule has 0 aromatic heterocycles. The van der Waals surface area contributed by atoms with E-state index in [1.54, 1.807) is 4.90 Å². The van der Waals surface area contributed by atoms with Crippen molar-refractivity contribution in [3.63, 3.8) is 0 Å². The molecule has 1 amide bonds. The first-order chi connectivity index (χ1) is 10.2. The Morgan fingerprint density at radius 2 is 2.33 bits per heavy atom. The van der Waals surface area contributed by atoms with Gasteiger partial charge in [-0.3, -0.25) is 9.59 Å². The molecular weight excluding hydrogens is 270 g/mol. The first-order valence-electron chi connectivity index (χ1n) is 7.94. The van der Waals surface area contributed by atoms with Gasteiger partial charge in [0.1, 0.15) is 5.92 Å². The highest BCUT2D eigenvalue weighted by Gasteiger charge is 2.43.